The molecule has 7 heteroatoms. The van der Waals surface area contributed by atoms with Gasteiger partial charge in [-0.15, -0.1) is 0 Å². The van der Waals surface area contributed by atoms with E-state index in [1.807, 2.05) is 24.3 Å². The molecule has 2 aromatic carbocycles. The van der Waals surface area contributed by atoms with E-state index in [0.29, 0.717) is 40.6 Å². The molecule has 1 saturated heterocycles. The van der Waals surface area contributed by atoms with Crippen molar-refractivity contribution in [2.75, 3.05) is 6.61 Å². The van der Waals surface area contributed by atoms with Gasteiger partial charge in [0.1, 0.15) is 5.75 Å². The van der Waals surface area contributed by atoms with Crippen molar-refractivity contribution in [2.24, 2.45) is 5.92 Å². The molecule has 154 valence electrons. The van der Waals surface area contributed by atoms with Crippen molar-refractivity contribution in [2.45, 2.75) is 31.7 Å². The van der Waals surface area contributed by atoms with Crippen LogP contribution in [0, 0.1) is 5.92 Å². The number of carboxylic acid groups (broad SMARTS) is 1. The largest absolute Gasteiger partial charge is 0.508 e. The minimum atomic E-state index is -0.827. The Morgan fingerprint density at radius 1 is 1.10 bits per heavy atom. The van der Waals surface area contributed by atoms with Crippen molar-refractivity contribution in [3.8, 4) is 5.75 Å². The standard InChI is InChI=1S/C22H22Cl2O5/c23-17-10-6-9-16(20(17)24)22-28-13-14(7-2-1-3-12-19(26)27)21(29-22)15-8-4-5-11-18(15)25/h1-2,4-6,8-11,14,21-22,25H,3,7,12-13H2,(H,26,27)/b2-1-/t14-,21+,22+/m1/s1. The maximum absolute atomic E-state index is 10.6. The molecule has 0 aromatic heterocycles. The fraction of sp³-hybridized carbons (Fsp3) is 0.318. The molecule has 29 heavy (non-hydrogen) atoms. The lowest BCUT2D eigenvalue weighted by Crippen LogP contribution is -2.30. The number of phenols is 1. The molecule has 1 aliphatic rings. The summed E-state index contributed by atoms with van der Waals surface area (Å²) in [4.78, 5) is 10.6. The van der Waals surface area contributed by atoms with Crippen molar-refractivity contribution in [3.63, 3.8) is 0 Å². The van der Waals surface area contributed by atoms with Gasteiger partial charge < -0.3 is 19.7 Å². The van der Waals surface area contributed by atoms with Crippen LogP contribution in [0.2, 0.25) is 10.0 Å². The number of phenolic OH excluding ortho intramolecular Hbond substituents is 1. The van der Waals surface area contributed by atoms with E-state index in [-0.39, 0.29) is 18.1 Å². The van der Waals surface area contributed by atoms with E-state index in [1.165, 1.54) is 0 Å². The topological polar surface area (TPSA) is 76.0 Å². The first-order chi connectivity index (χ1) is 14.0. The third kappa shape index (κ3) is 5.52. The number of halogens is 2. The van der Waals surface area contributed by atoms with Crippen LogP contribution in [0.4, 0.5) is 0 Å². The monoisotopic (exact) mass is 436 g/mol. The van der Waals surface area contributed by atoms with Crippen molar-refractivity contribution in [1.29, 1.82) is 0 Å². The minimum absolute atomic E-state index is 0.0569. The van der Waals surface area contributed by atoms with Gasteiger partial charge in [-0.05, 0) is 25.0 Å². The Morgan fingerprint density at radius 2 is 1.86 bits per heavy atom. The fourth-order valence-corrected chi connectivity index (χ4v) is 3.69. The zero-order valence-corrected chi connectivity index (χ0v) is 17.1. The zero-order chi connectivity index (χ0) is 20.8. The average Bonchev–Trinajstić information content (AvgIpc) is 2.70. The summed E-state index contributed by atoms with van der Waals surface area (Å²) in [5, 5.41) is 19.9. The molecule has 1 fully saturated rings. The van der Waals surface area contributed by atoms with Crippen molar-refractivity contribution in [1.82, 2.24) is 0 Å². The second-order valence-corrected chi connectivity index (χ2v) is 7.61. The maximum atomic E-state index is 10.6. The lowest BCUT2D eigenvalue weighted by molar-refractivity contribution is -0.244. The number of hydrogen-bond acceptors (Lipinski definition) is 4. The molecule has 0 bridgehead atoms. The van der Waals surface area contributed by atoms with Crippen LogP contribution in [0.15, 0.2) is 54.6 Å². The molecule has 1 heterocycles. The number of rotatable bonds is 7. The number of hydrogen-bond donors (Lipinski definition) is 2. The highest BCUT2D eigenvalue weighted by atomic mass is 35.5. The molecule has 3 atom stereocenters. The van der Waals surface area contributed by atoms with Gasteiger partial charge in [0.2, 0.25) is 0 Å². The smallest absolute Gasteiger partial charge is 0.303 e. The molecule has 0 saturated carbocycles. The first-order valence-electron chi connectivity index (χ1n) is 9.33. The quantitative estimate of drug-likeness (QED) is 0.527. The summed E-state index contributed by atoms with van der Waals surface area (Å²) < 4.78 is 12.2. The zero-order valence-electron chi connectivity index (χ0n) is 15.6. The lowest BCUT2D eigenvalue weighted by atomic mass is 9.91. The normalized spacial score (nSPS) is 22.1. The molecule has 0 radical (unpaired) electrons. The Hall–Kier alpha value is -2.05. The van der Waals surface area contributed by atoms with Crippen LogP contribution in [0.25, 0.3) is 0 Å². The molecule has 0 amide bonds. The van der Waals surface area contributed by atoms with Gasteiger partial charge in [0.25, 0.3) is 0 Å². The summed E-state index contributed by atoms with van der Waals surface area (Å²) in [7, 11) is 0. The number of allylic oxidation sites excluding steroid dienone is 2. The highest BCUT2D eigenvalue weighted by molar-refractivity contribution is 6.42. The number of carbonyl (C=O) groups is 1. The third-order valence-electron chi connectivity index (χ3n) is 4.77. The number of ether oxygens (including phenoxy) is 2. The Morgan fingerprint density at radius 3 is 2.62 bits per heavy atom. The Balaban J connectivity index is 1.80. The number of carboxylic acids is 1. The van der Waals surface area contributed by atoms with Crippen LogP contribution in [0.3, 0.4) is 0 Å². The summed E-state index contributed by atoms with van der Waals surface area (Å²) in [5.74, 6) is -0.735. The van der Waals surface area contributed by atoms with Crippen LogP contribution in [-0.4, -0.2) is 22.8 Å². The molecular formula is C22H22Cl2O5. The number of aliphatic carboxylic acids is 1. The third-order valence-corrected chi connectivity index (χ3v) is 5.60. The summed E-state index contributed by atoms with van der Waals surface area (Å²) in [6.07, 6.45) is 3.81. The molecule has 2 aromatic rings. The molecule has 1 aliphatic heterocycles. The van der Waals surface area contributed by atoms with Crippen molar-refractivity contribution >= 4 is 29.2 Å². The second-order valence-electron chi connectivity index (χ2n) is 6.82. The van der Waals surface area contributed by atoms with E-state index in [1.54, 1.807) is 30.3 Å². The maximum Gasteiger partial charge on any atom is 0.303 e. The van der Waals surface area contributed by atoms with Gasteiger partial charge in [0, 0.05) is 23.5 Å². The first-order valence-corrected chi connectivity index (χ1v) is 10.1. The average molecular weight is 437 g/mol. The molecular weight excluding hydrogens is 415 g/mol. The lowest BCUT2D eigenvalue weighted by Gasteiger charge is -2.37. The molecule has 0 spiro atoms. The SMILES string of the molecule is O=C(O)CC/C=C\C[C@@H]1CO[C@H](c2cccc(Cl)c2Cl)O[C@@H]1c1ccccc1O. The molecule has 5 nitrogen and oxygen atoms in total. The van der Waals surface area contributed by atoms with E-state index in [2.05, 4.69) is 0 Å². The summed E-state index contributed by atoms with van der Waals surface area (Å²) >= 11 is 12.5. The van der Waals surface area contributed by atoms with E-state index < -0.39 is 18.4 Å². The summed E-state index contributed by atoms with van der Waals surface area (Å²) in [6, 6.07) is 12.3. The van der Waals surface area contributed by atoms with Crippen LogP contribution < -0.4 is 0 Å². The molecule has 0 aliphatic carbocycles. The number of benzene rings is 2. The molecule has 2 N–H and O–H groups in total. The predicted octanol–water partition coefficient (Wildman–Crippen LogP) is 5.91. The molecule has 3 rings (SSSR count). The van der Waals surface area contributed by atoms with Crippen LogP contribution in [-0.2, 0) is 14.3 Å². The van der Waals surface area contributed by atoms with Gasteiger partial charge in [-0.25, -0.2) is 0 Å². The van der Waals surface area contributed by atoms with Gasteiger partial charge >= 0.3 is 5.97 Å². The van der Waals surface area contributed by atoms with Crippen molar-refractivity contribution < 1.29 is 24.5 Å². The summed E-state index contributed by atoms with van der Waals surface area (Å²) in [5.41, 5.74) is 1.30. The first kappa shape index (κ1) is 21.7. The minimum Gasteiger partial charge on any atom is -0.508 e. The van der Waals surface area contributed by atoms with Gasteiger partial charge in [0.05, 0.1) is 22.8 Å². The van der Waals surface area contributed by atoms with Crippen molar-refractivity contribution in [3.05, 3.63) is 75.8 Å². The summed E-state index contributed by atoms with van der Waals surface area (Å²) in [6.45, 7) is 0.385. The highest BCUT2D eigenvalue weighted by Crippen LogP contribution is 2.44. The second kappa shape index (κ2) is 10.1. The van der Waals surface area contributed by atoms with Crippen LogP contribution in [0.1, 0.15) is 42.8 Å². The number of para-hydroxylation sites is 1. The van der Waals surface area contributed by atoms with Crippen LogP contribution >= 0.6 is 23.2 Å². The highest BCUT2D eigenvalue weighted by Gasteiger charge is 2.35. The Labute approximate surface area is 179 Å². The van der Waals surface area contributed by atoms with E-state index >= 15 is 0 Å². The van der Waals surface area contributed by atoms with E-state index in [4.69, 9.17) is 37.8 Å². The van der Waals surface area contributed by atoms with Gasteiger partial charge in [0.15, 0.2) is 6.29 Å². The van der Waals surface area contributed by atoms with Gasteiger partial charge in [-0.1, -0.05) is 65.7 Å². The van der Waals surface area contributed by atoms with Crippen LogP contribution in [0.5, 0.6) is 5.75 Å². The van der Waals surface area contributed by atoms with E-state index in [9.17, 15) is 9.90 Å². The Kier molecular flexibility index (Phi) is 7.56. The predicted molar refractivity (Wildman–Crippen MR) is 111 cm³/mol. The van der Waals surface area contributed by atoms with Gasteiger partial charge in [-0.3, -0.25) is 4.79 Å². The fourth-order valence-electron chi connectivity index (χ4n) is 3.29. The number of aromatic hydroxyl groups is 1. The molecule has 0 unspecified atom stereocenters. The Bertz CT molecular complexity index is 883. The van der Waals surface area contributed by atoms with E-state index in [0.717, 1.165) is 0 Å². The van der Waals surface area contributed by atoms with Gasteiger partial charge in [-0.2, -0.15) is 0 Å².